The van der Waals surface area contributed by atoms with Crippen LogP contribution in [0.25, 0.3) is 10.2 Å². The van der Waals surface area contributed by atoms with Crippen LogP contribution in [0.1, 0.15) is 32.3 Å². The van der Waals surface area contributed by atoms with Gasteiger partial charge in [0.25, 0.3) is 0 Å². The van der Waals surface area contributed by atoms with Crippen molar-refractivity contribution >= 4 is 31.6 Å². The number of rotatable bonds is 7. The lowest BCUT2D eigenvalue weighted by Gasteiger charge is -2.15. The number of sulfonamides is 1. The van der Waals surface area contributed by atoms with Crippen LogP contribution < -0.4 is 9.60 Å². The van der Waals surface area contributed by atoms with Gasteiger partial charge in [-0.25, -0.2) is 13.1 Å². The lowest BCUT2D eigenvalue weighted by Crippen LogP contribution is -2.33. The molecule has 0 fully saturated rings. The first-order chi connectivity index (χ1) is 12.4. The molecule has 0 spiro atoms. The molecule has 0 amide bonds. The summed E-state index contributed by atoms with van der Waals surface area (Å²) in [6.07, 6.45) is 1.47. The molecule has 0 aliphatic heterocycles. The summed E-state index contributed by atoms with van der Waals surface area (Å²) in [5.41, 5.74) is 1.78. The molecule has 0 saturated heterocycles. The van der Waals surface area contributed by atoms with Crippen molar-refractivity contribution in [2.24, 2.45) is 0 Å². The molecule has 1 N–H and O–H groups in total. The second-order valence-electron chi connectivity index (χ2n) is 6.20. The number of hydrogen-bond acceptors (Lipinski definition) is 4. The quantitative estimate of drug-likeness (QED) is 0.670. The van der Waals surface area contributed by atoms with Crippen molar-refractivity contribution in [3.8, 4) is 0 Å². The van der Waals surface area contributed by atoms with Gasteiger partial charge in [-0.3, -0.25) is 9.36 Å². The zero-order valence-corrected chi connectivity index (χ0v) is 16.4. The summed E-state index contributed by atoms with van der Waals surface area (Å²) in [6, 6.07) is 14.5. The summed E-state index contributed by atoms with van der Waals surface area (Å²) < 4.78 is 30.3. The third kappa shape index (κ3) is 3.90. The first kappa shape index (κ1) is 18.8. The zero-order chi connectivity index (χ0) is 18.7. The maximum Gasteiger partial charge on any atom is 0.308 e. The normalized spacial score (nSPS) is 12.1. The average Bonchev–Trinajstić information content (AvgIpc) is 2.95. The minimum Gasteiger partial charge on any atom is -0.294 e. The fraction of sp³-hybridized carbons (Fsp3) is 0.316. The van der Waals surface area contributed by atoms with Crippen molar-refractivity contribution in [1.29, 1.82) is 0 Å². The van der Waals surface area contributed by atoms with Crippen LogP contribution in [0, 0.1) is 0 Å². The van der Waals surface area contributed by atoms with E-state index < -0.39 is 10.0 Å². The Morgan fingerprint density at radius 3 is 2.42 bits per heavy atom. The van der Waals surface area contributed by atoms with Crippen LogP contribution in [0.3, 0.4) is 0 Å². The van der Waals surface area contributed by atoms with E-state index in [0.29, 0.717) is 11.2 Å². The van der Waals surface area contributed by atoms with Crippen LogP contribution in [0.15, 0.2) is 58.2 Å². The Kier molecular flexibility index (Phi) is 5.60. The van der Waals surface area contributed by atoms with Crippen molar-refractivity contribution < 1.29 is 8.42 Å². The van der Waals surface area contributed by atoms with Gasteiger partial charge in [-0.15, -0.1) is 0 Å². The molecule has 0 atom stereocenters. The van der Waals surface area contributed by atoms with Gasteiger partial charge in [0.1, 0.15) is 0 Å². The van der Waals surface area contributed by atoms with Crippen molar-refractivity contribution in [1.82, 2.24) is 9.29 Å². The smallest absolute Gasteiger partial charge is 0.294 e. The van der Waals surface area contributed by atoms with Gasteiger partial charge >= 0.3 is 4.87 Å². The topological polar surface area (TPSA) is 68.2 Å². The van der Waals surface area contributed by atoms with Gasteiger partial charge in [0.2, 0.25) is 10.0 Å². The van der Waals surface area contributed by atoms with E-state index in [1.807, 2.05) is 44.2 Å². The summed E-state index contributed by atoms with van der Waals surface area (Å²) >= 11 is 1.07. The molecule has 7 heteroatoms. The second kappa shape index (κ2) is 7.73. The van der Waals surface area contributed by atoms with Crippen molar-refractivity contribution in [3.05, 3.63) is 63.8 Å². The monoisotopic (exact) mass is 390 g/mol. The molecule has 3 aromatic rings. The van der Waals surface area contributed by atoms with Gasteiger partial charge in [0.05, 0.1) is 21.7 Å². The highest BCUT2D eigenvalue weighted by molar-refractivity contribution is 7.89. The molecule has 1 heterocycles. The Morgan fingerprint density at radius 2 is 1.77 bits per heavy atom. The van der Waals surface area contributed by atoms with Crippen LogP contribution in [-0.4, -0.2) is 19.0 Å². The molecule has 3 rings (SSSR count). The number of nitrogens with zero attached hydrogens (tertiary/aromatic N) is 1. The average molecular weight is 391 g/mol. The lowest BCUT2D eigenvalue weighted by atomic mass is 10.2. The summed E-state index contributed by atoms with van der Waals surface area (Å²) in [5.74, 6) is 0. The molecule has 26 heavy (non-hydrogen) atoms. The highest BCUT2D eigenvalue weighted by atomic mass is 32.2. The third-order valence-corrected chi connectivity index (χ3v) is 6.90. The van der Waals surface area contributed by atoms with Crippen LogP contribution >= 0.6 is 11.3 Å². The zero-order valence-electron chi connectivity index (χ0n) is 14.8. The Labute approximate surface area is 157 Å². The molecule has 0 unspecified atom stereocenters. The fourth-order valence-corrected chi connectivity index (χ4v) is 5.31. The SMILES string of the molecule is CCC(CC)NS(=O)(=O)c1ccc2c(c1)sc(=O)n2Cc1ccccc1. The van der Waals surface area contributed by atoms with Crippen LogP contribution in [0.4, 0.5) is 0 Å². The molecular weight excluding hydrogens is 368 g/mol. The second-order valence-corrected chi connectivity index (χ2v) is 8.91. The molecule has 0 aliphatic rings. The van der Waals surface area contributed by atoms with Gasteiger partial charge in [-0.1, -0.05) is 55.5 Å². The predicted octanol–water partition coefficient (Wildman–Crippen LogP) is 3.58. The molecule has 0 aliphatic carbocycles. The first-order valence-electron chi connectivity index (χ1n) is 8.64. The highest BCUT2D eigenvalue weighted by Crippen LogP contribution is 2.23. The van der Waals surface area contributed by atoms with E-state index in [-0.39, 0.29) is 15.8 Å². The van der Waals surface area contributed by atoms with Gasteiger partial charge in [-0.05, 0) is 36.6 Å². The minimum absolute atomic E-state index is 0.0860. The molecule has 0 saturated carbocycles. The van der Waals surface area contributed by atoms with Crippen LogP contribution in [0.2, 0.25) is 0 Å². The maximum atomic E-state index is 12.6. The maximum absolute atomic E-state index is 12.6. The molecular formula is C19H22N2O3S2. The van der Waals surface area contributed by atoms with E-state index in [2.05, 4.69) is 4.72 Å². The summed E-state index contributed by atoms with van der Waals surface area (Å²) in [7, 11) is -3.59. The first-order valence-corrected chi connectivity index (χ1v) is 10.9. The number of aromatic nitrogens is 1. The Balaban J connectivity index is 1.97. The summed E-state index contributed by atoms with van der Waals surface area (Å²) in [4.78, 5) is 12.5. The molecule has 0 radical (unpaired) electrons. The van der Waals surface area contributed by atoms with E-state index in [4.69, 9.17) is 0 Å². The Hall–Kier alpha value is -1.96. The Bertz CT molecular complexity index is 1050. The molecule has 5 nitrogen and oxygen atoms in total. The highest BCUT2D eigenvalue weighted by Gasteiger charge is 2.19. The van der Waals surface area contributed by atoms with Crippen LogP contribution in [0.5, 0.6) is 0 Å². The van der Waals surface area contributed by atoms with Gasteiger partial charge in [0.15, 0.2) is 0 Å². The number of nitrogens with one attached hydrogen (secondary N) is 1. The lowest BCUT2D eigenvalue weighted by molar-refractivity contribution is 0.530. The van der Waals surface area contributed by atoms with E-state index in [0.717, 1.165) is 35.3 Å². The largest absolute Gasteiger partial charge is 0.308 e. The fourth-order valence-electron chi connectivity index (χ4n) is 2.87. The van der Waals surface area contributed by atoms with Gasteiger partial charge in [0, 0.05) is 6.04 Å². The molecule has 2 aromatic carbocycles. The summed E-state index contributed by atoms with van der Waals surface area (Å²) in [5, 5.41) is 0. The van der Waals surface area contributed by atoms with E-state index >= 15 is 0 Å². The number of benzene rings is 2. The van der Waals surface area contributed by atoms with E-state index in [1.165, 1.54) is 0 Å². The summed E-state index contributed by atoms with van der Waals surface area (Å²) in [6.45, 7) is 4.38. The van der Waals surface area contributed by atoms with Gasteiger partial charge in [-0.2, -0.15) is 0 Å². The van der Waals surface area contributed by atoms with E-state index in [9.17, 15) is 13.2 Å². The van der Waals surface area contributed by atoms with E-state index in [1.54, 1.807) is 22.8 Å². The number of thiazole rings is 1. The van der Waals surface area contributed by atoms with Gasteiger partial charge < -0.3 is 0 Å². The van der Waals surface area contributed by atoms with Crippen molar-refractivity contribution in [2.75, 3.05) is 0 Å². The molecule has 0 bridgehead atoms. The minimum atomic E-state index is -3.59. The Morgan fingerprint density at radius 1 is 1.08 bits per heavy atom. The standard InChI is InChI=1S/C19H22N2O3S2/c1-3-15(4-2)20-26(23,24)16-10-11-17-18(12-16)25-19(22)21(17)13-14-8-6-5-7-9-14/h5-12,15,20H,3-4,13H2,1-2H3. The number of hydrogen-bond donors (Lipinski definition) is 1. The van der Waals surface area contributed by atoms with Crippen LogP contribution in [-0.2, 0) is 16.6 Å². The molecule has 1 aromatic heterocycles. The third-order valence-electron chi connectivity index (χ3n) is 4.44. The number of fused-ring (bicyclic) bond motifs is 1. The predicted molar refractivity (Wildman–Crippen MR) is 106 cm³/mol. The van der Waals surface area contributed by atoms with Crippen molar-refractivity contribution in [3.63, 3.8) is 0 Å². The molecule has 138 valence electrons. The van der Waals surface area contributed by atoms with Crippen molar-refractivity contribution in [2.45, 2.75) is 44.2 Å².